The highest BCUT2D eigenvalue weighted by Gasteiger charge is 2.08. The molecule has 0 atom stereocenters. The minimum atomic E-state index is 0.514. The smallest absolute Gasteiger partial charge is 0.139 e. The van der Waals surface area contributed by atoms with E-state index in [1.807, 2.05) is 13.8 Å². The van der Waals surface area contributed by atoms with Gasteiger partial charge in [-0.05, 0) is 13.8 Å². The fourth-order valence-electron chi connectivity index (χ4n) is 1.04. The first-order chi connectivity index (χ1) is 6.69. The lowest BCUT2D eigenvalue weighted by atomic mass is 10.3. The van der Waals surface area contributed by atoms with E-state index in [0.29, 0.717) is 34.8 Å². The first-order valence-electron chi connectivity index (χ1n) is 4.43. The Labute approximate surface area is 93.7 Å². The van der Waals surface area contributed by atoms with Gasteiger partial charge < -0.3 is 9.47 Å². The number of ether oxygens (including phenoxy) is 2. The third kappa shape index (κ3) is 2.69. The molecule has 0 fully saturated rings. The molecule has 0 unspecified atom stereocenters. The van der Waals surface area contributed by atoms with Crippen LogP contribution < -0.4 is 9.47 Å². The van der Waals surface area contributed by atoms with Crippen LogP contribution in [0.25, 0.3) is 0 Å². The van der Waals surface area contributed by atoms with Gasteiger partial charge in [0.1, 0.15) is 11.5 Å². The van der Waals surface area contributed by atoms with E-state index in [1.165, 1.54) is 0 Å². The van der Waals surface area contributed by atoms with Crippen molar-refractivity contribution in [3.05, 3.63) is 22.2 Å². The Hall–Kier alpha value is -0.600. The van der Waals surface area contributed by atoms with Crippen molar-refractivity contribution in [2.24, 2.45) is 0 Å². The lowest BCUT2D eigenvalue weighted by molar-refractivity contribution is 0.331. The second-order valence-corrected chi connectivity index (χ2v) is 3.39. The lowest BCUT2D eigenvalue weighted by Gasteiger charge is -2.10. The van der Waals surface area contributed by atoms with Crippen molar-refractivity contribution in [3.63, 3.8) is 0 Å². The highest BCUT2D eigenvalue weighted by atomic mass is 35.5. The summed E-state index contributed by atoms with van der Waals surface area (Å²) in [6, 6.07) is 3.33. The number of hydrogen-bond acceptors (Lipinski definition) is 2. The van der Waals surface area contributed by atoms with Crippen molar-refractivity contribution >= 4 is 23.2 Å². The maximum atomic E-state index is 5.95. The first kappa shape index (κ1) is 11.5. The van der Waals surface area contributed by atoms with Crippen molar-refractivity contribution in [1.82, 2.24) is 0 Å². The fraction of sp³-hybridized carbons (Fsp3) is 0.400. The molecule has 0 heterocycles. The molecule has 0 saturated carbocycles. The van der Waals surface area contributed by atoms with Crippen LogP contribution in [0.5, 0.6) is 11.5 Å². The molecule has 0 aromatic heterocycles. The van der Waals surface area contributed by atoms with Crippen LogP contribution >= 0.6 is 23.2 Å². The number of halogens is 2. The van der Waals surface area contributed by atoms with Gasteiger partial charge in [-0.3, -0.25) is 0 Å². The summed E-state index contributed by atoms with van der Waals surface area (Å²) in [5.74, 6) is 1.17. The maximum Gasteiger partial charge on any atom is 0.139 e. The standard InChI is InChI=1S/C10H12Cl2O2/c1-3-13-9-5-8(12)10(14-4-2)6-7(9)11/h5-6H,3-4H2,1-2H3. The predicted octanol–water partition coefficient (Wildman–Crippen LogP) is 3.79. The van der Waals surface area contributed by atoms with E-state index in [9.17, 15) is 0 Å². The van der Waals surface area contributed by atoms with E-state index in [-0.39, 0.29) is 0 Å². The topological polar surface area (TPSA) is 18.5 Å². The fourth-order valence-corrected chi connectivity index (χ4v) is 1.46. The van der Waals surface area contributed by atoms with Crippen LogP contribution in [0.2, 0.25) is 10.0 Å². The molecular formula is C10H12Cl2O2. The molecule has 0 aliphatic heterocycles. The average molecular weight is 235 g/mol. The third-order valence-electron chi connectivity index (χ3n) is 1.59. The zero-order valence-corrected chi connectivity index (χ0v) is 9.65. The van der Waals surface area contributed by atoms with Gasteiger partial charge in [-0.1, -0.05) is 23.2 Å². The molecule has 0 N–H and O–H groups in total. The monoisotopic (exact) mass is 234 g/mol. The van der Waals surface area contributed by atoms with Gasteiger partial charge in [0, 0.05) is 12.1 Å². The summed E-state index contributed by atoms with van der Waals surface area (Å²) in [6.07, 6.45) is 0. The molecule has 0 amide bonds. The predicted molar refractivity (Wildman–Crippen MR) is 58.8 cm³/mol. The Morgan fingerprint density at radius 1 is 0.929 bits per heavy atom. The molecule has 78 valence electrons. The summed E-state index contributed by atoms with van der Waals surface area (Å²) in [5.41, 5.74) is 0. The minimum absolute atomic E-state index is 0.514. The van der Waals surface area contributed by atoms with Gasteiger partial charge in [-0.15, -0.1) is 0 Å². The maximum absolute atomic E-state index is 5.95. The molecule has 1 rings (SSSR count). The Morgan fingerprint density at radius 2 is 1.29 bits per heavy atom. The summed E-state index contributed by atoms with van der Waals surface area (Å²) in [5, 5.41) is 1.03. The van der Waals surface area contributed by atoms with Gasteiger partial charge in [0.15, 0.2) is 0 Å². The average Bonchev–Trinajstić information content (AvgIpc) is 2.14. The minimum Gasteiger partial charge on any atom is -0.492 e. The summed E-state index contributed by atoms with van der Waals surface area (Å²) in [4.78, 5) is 0. The second kappa shape index (κ2) is 5.32. The van der Waals surface area contributed by atoms with Crippen molar-refractivity contribution < 1.29 is 9.47 Å². The van der Waals surface area contributed by atoms with Gasteiger partial charge in [-0.2, -0.15) is 0 Å². The van der Waals surface area contributed by atoms with E-state index in [4.69, 9.17) is 32.7 Å². The largest absolute Gasteiger partial charge is 0.492 e. The van der Waals surface area contributed by atoms with Crippen molar-refractivity contribution in [1.29, 1.82) is 0 Å². The third-order valence-corrected chi connectivity index (χ3v) is 2.18. The first-order valence-corrected chi connectivity index (χ1v) is 5.19. The Bertz CT molecular complexity index is 281. The highest BCUT2D eigenvalue weighted by molar-refractivity contribution is 6.35. The molecule has 0 spiro atoms. The van der Waals surface area contributed by atoms with Crippen molar-refractivity contribution in [2.45, 2.75) is 13.8 Å². The van der Waals surface area contributed by atoms with Gasteiger partial charge >= 0.3 is 0 Å². The molecule has 0 aliphatic rings. The van der Waals surface area contributed by atoms with Crippen LogP contribution in [0.1, 0.15) is 13.8 Å². The quantitative estimate of drug-likeness (QED) is 0.790. The van der Waals surface area contributed by atoms with E-state index >= 15 is 0 Å². The summed E-state index contributed by atoms with van der Waals surface area (Å²) < 4.78 is 10.6. The van der Waals surface area contributed by atoms with E-state index in [1.54, 1.807) is 12.1 Å². The number of benzene rings is 1. The van der Waals surface area contributed by atoms with Gasteiger partial charge in [-0.25, -0.2) is 0 Å². The molecule has 0 saturated heterocycles. The van der Waals surface area contributed by atoms with Crippen LogP contribution in [-0.2, 0) is 0 Å². The zero-order chi connectivity index (χ0) is 10.6. The molecule has 2 nitrogen and oxygen atoms in total. The number of hydrogen-bond donors (Lipinski definition) is 0. The summed E-state index contributed by atoms with van der Waals surface area (Å²) in [7, 11) is 0. The van der Waals surface area contributed by atoms with Crippen LogP contribution in [0, 0.1) is 0 Å². The van der Waals surface area contributed by atoms with Gasteiger partial charge in [0.25, 0.3) is 0 Å². The van der Waals surface area contributed by atoms with Gasteiger partial charge in [0.05, 0.1) is 23.3 Å². The second-order valence-electron chi connectivity index (χ2n) is 2.58. The normalized spacial score (nSPS) is 10.0. The molecule has 0 bridgehead atoms. The Morgan fingerprint density at radius 3 is 1.57 bits per heavy atom. The number of rotatable bonds is 4. The van der Waals surface area contributed by atoms with Gasteiger partial charge in [0.2, 0.25) is 0 Å². The molecule has 1 aromatic carbocycles. The summed E-state index contributed by atoms with van der Waals surface area (Å²) in [6.45, 7) is 4.90. The van der Waals surface area contributed by atoms with Crippen LogP contribution in [0.15, 0.2) is 12.1 Å². The zero-order valence-electron chi connectivity index (χ0n) is 8.14. The van der Waals surface area contributed by atoms with Crippen LogP contribution in [0.4, 0.5) is 0 Å². The lowest BCUT2D eigenvalue weighted by Crippen LogP contribution is -1.95. The van der Waals surface area contributed by atoms with Crippen LogP contribution in [-0.4, -0.2) is 13.2 Å². The molecule has 0 aliphatic carbocycles. The summed E-state index contributed by atoms with van der Waals surface area (Å²) >= 11 is 11.9. The highest BCUT2D eigenvalue weighted by Crippen LogP contribution is 2.35. The molecule has 14 heavy (non-hydrogen) atoms. The molecule has 4 heteroatoms. The Kier molecular flexibility index (Phi) is 4.36. The molecule has 1 aromatic rings. The van der Waals surface area contributed by atoms with Crippen molar-refractivity contribution in [3.8, 4) is 11.5 Å². The van der Waals surface area contributed by atoms with E-state index in [2.05, 4.69) is 0 Å². The Balaban J connectivity index is 2.97. The van der Waals surface area contributed by atoms with Crippen LogP contribution in [0.3, 0.4) is 0 Å². The SMILES string of the molecule is CCOc1cc(Cl)c(OCC)cc1Cl. The molecule has 0 radical (unpaired) electrons. The van der Waals surface area contributed by atoms with E-state index < -0.39 is 0 Å². The van der Waals surface area contributed by atoms with E-state index in [0.717, 1.165) is 0 Å². The van der Waals surface area contributed by atoms with Crippen molar-refractivity contribution in [2.75, 3.05) is 13.2 Å². The molecular weight excluding hydrogens is 223 g/mol.